The van der Waals surface area contributed by atoms with E-state index in [-0.39, 0.29) is 76.2 Å². The molecule has 0 saturated carbocycles. The molecule has 3 aliphatic heterocycles. The Bertz CT molecular complexity index is 1800. The summed E-state index contributed by atoms with van der Waals surface area (Å²) in [5.41, 5.74) is 6.94. The standard InChI is InChI=1S/C49H80N8O11/c1-4-5-6-7-8-9-10-11-12-13-14-15-16-19-41(62)52-37-18-17-26-51-46(65)39-27-34(50)29-56(39)48(67)42(31(2)58)55-45(64)38(25-22-33-20-23-35(60)24-21-33)53-47(66)40-28-36(61)30-57(40)49(68)43(32(3)59)54-44(37)63/h20-21,23-24,31-32,34,36-40,42-43,58-61H,4-19,22,25-30,50H2,1-3H3,(H,51,65)(H,52,62)(H,53,66)(H,54,63)(H,55,64)/t31?,32?,34-,36+,37-,38?,39?,40?,42?,43?/m0/s1. The molecule has 0 aliphatic carbocycles. The number of carbonyl (C=O) groups is 7. The molecule has 4 rings (SSSR count). The van der Waals surface area contributed by atoms with Gasteiger partial charge in [0.2, 0.25) is 41.4 Å². The van der Waals surface area contributed by atoms with Crippen LogP contribution in [-0.2, 0) is 40.0 Å². The van der Waals surface area contributed by atoms with Crippen molar-refractivity contribution in [2.75, 3.05) is 19.6 Å². The van der Waals surface area contributed by atoms with E-state index < -0.39 is 96.0 Å². The van der Waals surface area contributed by atoms with Crippen molar-refractivity contribution in [3.8, 4) is 5.75 Å². The summed E-state index contributed by atoms with van der Waals surface area (Å²) in [6, 6.07) is -2.59. The lowest BCUT2D eigenvalue weighted by Gasteiger charge is -2.32. The fourth-order valence-corrected chi connectivity index (χ4v) is 9.29. The van der Waals surface area contributed by atoms with Crippen molar-refractivity contribution in [1.29, 1.82) is 0 Å². The Balaban J connectivity index is 1.53. The number of amides is 7. The van der Waals surface area contributed by atoms with Crippen molar-refractivity contribution in [3.63, 3.8) is 0 Å². The van der Waals surface area contributed by atoms with E-state index in [0.717, 1.165) is 30.6 Å². The minimum atomic E-state index is -1.61. The van der Waals surface area contributed by atoms with Crippen LogP contribution in [0.2, 0.25) is 0 Å². The topological polar surface area (TPSA) is 293 Å². The van der Waals surface area contributed by atoms with Crippen LogP contribution in [0.3, 0.4) is 0 Å². The molecule has 382 valence electrons. The Morgan fingerprint density at radius 2 is 1.25 bits per heavy atom. The number of aromatic hydroxyl groups is 1. The van der Waals surface area contributed by atoms with Gasteiger partial charge in [-0.1, -0.05) is 96.1 Å². The van der Waals surface area contributed by atoms with Gasteiger partial charge in [-0.05, 0) is 70.1 Å². The van der Waals surface area contributed by atoms with Gasteiger partial charge in [0, 0.05) is 38.5 Å². The number of nitrogens with two attached hydrogens (primary N) is 1. The lowest BCUT2D eigenvalue weighted by Crippen LogP contribution is -2.61. The largest absolute Gasteiger partial charge is 0.508 e. The number of aliphatic hydroxyl groups is 3. The van der Waals surface area contributed by atoms with Crippen LogP contribution >= 0.6 is 0 Å². The number of unbranched alkanes of at least 4 members (excludes halogenated alkanes) is 12. The van der Waals surface area contributed by atoms with Gasteiger partial charge >= 0.3 is 0 Å². The highest BCUT2D eigenvalue weighted by Crippen LogP contribution is 2.23. The Morgan fingerprint density at radius 1 is 0.721 bits per heavy atom. The molecule has 0 bridgehead atoms. The van der Waals surface area contributed by atoms with Gasteiger partial charge in [-0.2, -0.15) is 0 Å². The molecule has 10 atom stereocenters. The number of nitrogens with zero attached hydrogens (tertiary/aromatic N) is 2. The van der Waals surface area contributed by atoms with Crippen LogP contribution in [0.1, 0.15) is 148 Å². The van der Waals surface area contributed by atoms with Crippen molar-refractivity contribution in [2.24, 2.45) is 5.73 Å². The zero-order valence-corrected chi connectivity index (χ0v) is 40.5. The smallest absolute Gasteiger partial charge is 0.248 e. The van der Waals surface area contributed by atoms with Crippen LogP contribution < -0.4 is 32.3 Å². The molecule has 3 aliphatic rings. The number of aryl methyl sites for hydroxylation is 1. The van der Waals surface area contributed by atoms with E-state index in [0.29, 0.717) is 12.0 Å². The van der Waals surface area contributed by atoms with Crippen LogP contribution in [0, 0.1) is 0 Å². The molecular formula is C49H80N8O11. The Labute approximate surface area is 401 Å². The number of nitrogens with one attached hydrogen (secondary N) is 5. The van der Waals surface area contributed by atoms with Gasteiger partial charge in [-0.3, -0.25) is 33.6 Å². The van der Waals surface area contributed by atoms with Crippen molar-refractivity contribution >= 4 is 41.4 Å². The Hall–Kier alpha value is -4.85. The molecule has 68 heavy (non-hydrogen) atoms. The molecule has 19 heteroatoms. The minimum absolute atomic E-state index is 0.0130. The van der Waals surface area contributed by atoms with E-state index in [9.17, 15) is 54.0 Å². The predicted molar refractivity (Wildman–Crippen MR) is 254 cm³/mol. The monoisotopic (exact) mass is 957 g/mol. The molecular weight excluding hydrogens is 877 g/mol. The van der Waals surface area contributed by atoms with Crippen LogP contribution in [0.4, 0.5) is 0 Å². The van der Waals surface area contributed by atoms with Crippen molar-refractivity contribution in [2.45, 2.75) is 210 Å². The maximum atomic E-state index is 14.2. The average Bonchev–Trinajstić information content (AvgIpc) is 3.90. The third-order valence-electron chi connectivity index (χ3n) is 13.3. The second kappa shape index (κ2) is 28.6. The quantitative estimate of drug-likeness (QED) is 0.0829. The van der Waals surface area contributed by atoms with Gasteiger partial charge in [0.1, 0.15) is 42.0 Å². The van der Waals surface area contributed by atoms with Gasteiger partial charge in [0.05, 0.1) is 18.3 Å². The van der Waals surface area contributed by atoms with Crippen LogP contribution in [0.15, 0.2) is 24.3 Å². The highest BCUT2D eigenvalue weighted by Gasteiger charge is 2.45. The van der Waals surface area contributed by atoms with E-state index in [1.807, 2.05) is 0 Å². The lowest BCUT2D eigenvalue weighted by atomic mass is 10.0. The van der Waals surface area contributed by atoms with Crippen LogP contribution in [0.5, 0.6) is 5.75 Å². The first kappa shape index (κ1) is 55.7. The van der Waals surface area contributed by atoms with Crippen LogP contribution in [-0.4, -0.2) is 152 Å². The molecule has 1 aromatic rings. The third kappa shape index (κ3) is 17.6. The summed E-state index contributed by atoms with van der Waals surface area (Å²) in [5.74, 6) is -5.07. The van der Waals surface area contributed by atoms with Crippen molar-refractivity contribution in [1.82, 2.24) is 36.4 Å². The summed E-state index contributed by atoms with van der Waals surface area (Å²) in [4.78, 5) is 99.9. The zero-order valence-electron chi connectivity index (χ0n) is 40.5. The Kier molecular flexibility index (Phi) is 23.4. The van der Waals surface area contributed by atoms with E-state index in [2.05, 4.69) is 33.5 Å². The number of fused-ring (bicyclic) bond motifs is 2. The van der Waals surface area contributed by atoms with Gasteiger partial charge in [-0.25, -0.2) is 0 Å². The maximum Gasteiger partial charge on any atom is 0.248 e. The predicted octanol–water partition coefficient (Wildman–Crippen LogP) is 1.31. The molecule has 0 radical (unpaired) electrons. The van der Waals surface area contributed by atoms with E-state index in [1.165, 1.54) is 82.2 Å². The summed E-state index contributed by atoms with van der Waals surface area (Å²) >= 11 is 0. The molecule has 0 spiro atoms. The molecule has 11 N–H and O–H groups in total. The summed E-state index contributed by atoms with van der Waals surface area (Å²) in [5, 5.41) is 55.7. The molecule has 3 fully saturated rings. The summed E-state index contributed by atoms with van der Waals surface area (Å²) in [6.07, 6.45) is 11.0. The molecule has 0 aromatic heterocycles. The summed E-state index contributed by atoms with van der Waals surface area (Å²) in [6.45, 7) is 4.43. The number of rotatable bonds is 20. The maximum absolute atomic E-state index is 14.2. The number of hydrogen-bond acceptors (Lipinski definition) is 12. The number of benzene rings is 1. The first-order valence-electron chi connectivity index (χ1n) is 25.2. The molecule has 1 aromatic carbocycles. The van der Waals surface area contributed by atoms with E-state index in [4.69, 9.17) is 5.73 Å². The normalized spacial score (nSPS) is 26.7. The Morgan fingerprint density at radius 3 is 1.82 bits per heavy atom. The highest BCUT2D eigenvalue weighted by atomic mass is 16.3. The summed E-state index contributed by atoms with van der Waals surface area (Å²) in [7, 11) is 0. The third-order valence-corrected chi connectivity index (χ3v) is 13.3. The van der Waals surface area contributed by atoms with Crippen LogP contribution in [0.25, 0.3) is 0 Å². The van der Waals surface area contributed by atoms with Gasteiger partial charge < -0.3 is 62.5 Å². The van der Waals surface area contributed by atoms with E-state index >= 15 is 0 Å². The fraction of sp³-hybridized carbons (Fsp3) is 0.735. The SMILES string of the molecule is CCCCCCCCCCCCCCCC(=O)N[C@H]1CCCNC(=O)C2C[C@H](N)CN2C(=O)C(C(C)O)NC(=O)C(CCc2ccc(O)cc2)NC(=O)C2C[C@@H](O)CN2C(=O)C(C(C)O)NC1=O. The molecule has 7 amide bonds. The zero-order chi connectivity index (χ0) is 49.8. The minimum Gasteiger partial charge on any atom is -0.508 e. The number of aliphatic hydroxyl groups excluding tert-OH is 3. The number of phenolic OH excluding ortho intramolecular Hbond substituents is 1. The van der Waals surface area contributed by atoms with E-state index in [1.54, 1.807) is 12.1 Å². The number of phenols is 1. The molecule has 3 heterocycles. The first-order valence-corrected chi connectivity index (χ1v) is 25.2. The van der Waals surface area contributed by atoms with Gasteiger partial charge in [0.25, 0.3) is 0 Å². The van der Waals surface area contributed by atoms with Crippen molar-refractivity contribution < 1.29 is 54.0 Å². The second-order valence-corrected chi connectivity index (χ2v) is 19.2. The number of carbonyl (C=O) groups excluding carboxylic acids is 7. The van der Waals surface area contributed by atoms with Gasteiger partial charge in [-0.15, -0.1) is 0 Å². The van der Waals surface area contributed by atoms with Crippen molar-refractivity contribution in [3.05, 3.63) is 29.8 Å². The molecule has 3 saturated heterocycles. The summed E-state index contributed by atoms with van der Waals surface area (Å²) < 4.78 is 0. The fourth-order valence-electron chi connectivity index (χ4n) is 9.29. The highest BCUT2D eigenvalue weighted by molar-refractivity contribution is 5.98. The molecule has 19 nitrogen and oxygen atoms in total. The number of hydrogen-bond donors (Lipinski definition) is 10. The molecule has 7 unspecified atom stereocenters. The lowest BCUT2D eigenvalue weighted by molar-refractivity contribution is -0.145. The average molecular weight is 957 g/mol. The first-order chi connectivity index (χ1) is 32.5. The second-order valence-electron chi connectivity index (χ2n) is 19.2. The van der Waals surface area contributed by atoms with Gasteiger partial charge in [0.15, 0.2) is 0 Å².